The van der Waals surface area contributed by atoms with Crippen molar-refractivity contribution < 1.29 is 18.4 Å². The van der Waals surface area contributed by atoms with E-state index in [1.165, 1.54) is 42.3 Å². The van der Waals surface area contributed by atoms with Crippen LogP contribution in [-0.2, 0) is 0 Å². The Bertz CT molecular complexity index is 1030. The minimum atomic E-state index is -0.600. The number of amides is 3. The number of carbonyl (C=O) groups is 2. The van der Waals surface area contributed by atoms with Gasteiger partial charge in [-0.1, -0.05) is 24.3 Å². The first-order valence-corrected chi connectivity index (χ1v) is 9.94. The summed E-state index contributed by atoms with van der Waals surface area (Å²) in [6, 6.07) is 17.8. The number of carbonyl (C=O) groups excluding carboxylic acids is 2. The van der Waals surface area contributed by atoms with Gasteiger partial charge in [-0.25, -0.2) is 13.6 Å². The van der Waals surface area contributed by atoms with Gasteiger partial charge in [0.1, 0.15) is 11.6 Å². The van der Waals surface area contributed by atoms with E-state index in [2.05, 4.69) is 15.4 Å². The Morgan fingerprint density at radius 2 is 1.43 bits per heavy atom. The topological polar surface area (TPSA) is 70.2 Å². The Balaban J connectivity index is 1.50. The quantitative estimate of drug-likeness (QED) is 0.439. The first-order chi connectivity index (χ1) is 14.4. The molecule has 154 valence electrons. The van der Waals surface area contributed by atoms with Crippen LogP contribution in [-0.4, -0.2) is 11.9 Å². The van der Waals surface area contributed by atoms with Crippen molar-refractivity contribution in [2.75, 3.05) is 10.6 Å². The predicted octanol–water partition coefficient (Wildman–Crippen LogP) is 5.75. The van der Waals surface area contributed by atoms with Crippen LogP contribution in [0.2, 0.25) is 0 Å². The summed E-state index contributed by atoms with van der Waals surface area (Å²) in [6.45, 7) is 1.89. The SMILES string of the molecule is CC(SNC(=O)Nc1ccc(NC(=O)c2ccccc2F)cc1)c1ccc(F)cc1. The molecule has 0 aromatic heterocycles. The monoisotopic (exact) mass is 427 g/mol. The maximum absolute atomic E-state index is 13.7. The summed E-state index contributed by atoms with van der Waals surface area (Å²) >= 11 is 1.20. The summed E-state index contributed by atoms with van der Waals surface area (Å²) in [6.07, 6.45) is 0. The lowest BCUT2D eigenvalue weighted by Gasteiger charge is -2.13. The summed E-state index contributed by atoms with van der Waals surface area (Å²) in [5, 5.41) is 5.22. The summed E-state index contributed by atoms with van der Waals surface area (Å²) in [5.41, 5.74) is 1.82. The number of halogens is 2. The number of rotatable bonds is 6. The molecule has 0 heterocycles. The fraction of sp³-hybridized carbons (Fsp3) is 0.0909. The Morgan fingerprint density at radius 1 is 0.833 bits per heavy atom. The van der Waals surface area contributed by atoms with E-state index in [-0.39, 0.29) is 16.6 Å². The van der Waals surface area contributed by atoms with Crippen molar-refractivity contribution in [2.45, 2.75) is 12.2 Å². The van der Waals surface area contributed by atoms with Gasteiger partial charge in [0.25, 0.3) is 5.91 Å². The Morgan fingerprint density at radius 3 is 2.07 bits per heavy atom. The van der Waals surface area contributed by atoms with Gasteiger partial charge in [-0.05, 0) is 73.0 Å². The van der Waals surface area contributed by atoms with E-state index in [0.717, 1.165) is 5.56 Å². The normalized spacial score (nSPS) is 11.4. The molecule has 0 spiro atoms. The minimum Gasteiger partial charge on any atom is -0.322 e. The third kappa shape index (κ3) is 5.81. The predicted molar refractivity (Wildman–Crippen MR) is 115 cm³/mol. The molecule has 0 radical (unpaired) electrons. The van der Waals surface area contributed by atoms with Crippen LogP contribution in [0.15, 0.2) is 72.8 Å². The number of anilines is 2. The Labute approximate surface area is 177 Å². The highest BCUT2D eigenvalue weighted by Crippen LogP contribution is 2.25. The lowest BCUT2D eigenvalue weighted by molar-refractivity contribution is 0.102. The summed E-state index contributed by atoms with van der Waals surface area (Å²) in [5.74, 6) is -1.47. The number of hydrogen-bond donors (Lipinski definition) is 3. The molecule has 3 rings (SSSR count). The Hall–Kier alpha value is -3.39. The van der Waals surface area contributed by atoms with Crippen molar-refractivity contribution in [3.05, 3.63) is 95.6 Å². The maximum Gasteiger partial charge on any atom is 0.329 e. The molecule has 0 saturated carbocycles. The molecule has 3 amide bonds. The molecule has 0 fully saturated rings. The second-order valence-corrected chi connectivity index (χ2v) is 7.53. The molecular formula is C22H19F2N3O2S. The zero-order valence-corrected chi connectivity index (χ0v) is 16.8. The van der Waals surface area contributed by atoms with Crippen LogP contribution in [0.5, 0.6) is 0 Å². The molecule has 8 heteroatoms. The third-order valence-electron chi connectivity index (χ3n) is 4.19. The van der Waals surface area contributed by atoms with E-state index in [4.69, 9.17) is 0 Å². The van der Waals surface area contributed by atoms with Gasteiger partial charge < -0.3 is 10.6 Å². The molecule has 0 aliphatic carbocycles. The number of benzene rings is 3. The summed E-state index contributed by atoms with van der Waals surface area (Å²) in [7, 11) is 0. The van der Waals surface area contributed by atoms with Gasteiger partial charge in [-0.2, -0.15) is 0 Å². The van der Waals surface area contributed by atoms with Crippen LogP contribution < -0.4 is 15.4 Å². The van der Waals surface area contributed by atoms with Crippen LogP contribution in [0.4, 0.5) is 25.0 Å². The van der Waals surface area contributed by atoms with E-state index < -0.39 is 17.8 Å². The highest BCUT2D eigenvalue weighted by molar-refractivity contribution is 7.98. The largest absolute Gasteiger partial charge is 0.329 e. The second kappa shape index (κ2) is 9.89. The van der Waals surface area contributed by atoms with Gasteiger partial charge in [0, 0.05) is 16.6 Å². The molecule has 3 aromatic rings. The van der Waals surface area contributed by atoms with Crippen LogP contribution in [0.25, 0.3) is 0 Å². The summed E-state index contributed by atoms with van der Waals surface area (Å²) in [4.78, 5) is 24.2. The molecule has 5 nitrogen and oxygen atoms in total. The molecule has 1 atom stereocenters. The minimum absolute atomic E-state index is 0.0496. The van der Waals surface area contributed by atoms with Gasteiger partial charge in [-0.15, -0.1) is 0 Å². The van der Waals surface area contributed by atoms with E-state index in [1.54, 1.807) is 42.5 Å². The number of urea groups is 1. The third-order valence-corrected chi connectivity index (χ3v) is 5.12. The van der Waals surface area contributed by atoms with Gasteiger partial charge in [0.15, 0.2) is 0 Å². The first kappa shape index (κ1) is 21.3. The Kier molecular flexibility index (Phi) is 7.03. The maximum atomic E-state index is 13.7. The van der Waals surface area contributed by atoms with Gasteiger partial charge in [0.05, 0.1) is 5.56 Å². The van der Waals surface area contributed by atoms with Crippen LogP contribution in [0.3, 0.4) is 0 Å². The van der Waals surface area contributed by atoms with E-state index in [9.17, 15) is 18.4 Å². The molecular weight excluding hydrogens is 408 g/mol. The molecule has 30 heavy (non-hydrogen) atoms. The molecule has 0 saturated heterocycles. The van der Waals surface area contributed by atoms with Crippen molar-refractivity contribution in [1.82, 2.24) is 4.72 Å². The van der Waals surface area contributed by atoms with Crippen molar-refractivity contribution in [3.8, 4) is 0 Å². The molecule has 3 N–H and O–H groups in total. The van der Waals surface area contributed by atoms with Gasteiger partial charge >= 0.3 is 6.03 Å². The zero-order chi connectivity index (χ0) is 21.5. The first-order valence-electron chi connectivity index (χ1n) is 9.06. The van der Waals surface area contributed by atoms with Crippen molar-refractivity contribution in [2.24, 2.45) is 0 Å². The van der Waals surface area contributed by atoms with Crippen LogP contribution in [0.1, 0.15) is 28.1 Å². The molecule has 3 aromatic carbocycles. The van der Waals surface area contributed by atoms with E-state index in [0.29, 0.717) is 11.4 Å². The fourth-order valence-corrected chi connectivity index (χ4v) is 3.21. The highest BCUT2D eigenvalue weighted by atomic mass is 32.2. The van der Waals surface area contributed by atoms with Crippen molar-refractivity contribution in [3.63, 3.8) is 0 Å². The second-order valence-electron chi connectivity index (χ2n) is 6.38. The van der Waals surface area contributed by atoms with E-state index >= 15 is 0 Å². The molecule has 1 unspecified atom stereocenters. The molecule has 0 aliphatic heterocycles. The molecule has 0 bridgehead atoms. The number of nitrogens with one attached hydrogen (secondary N) is 3. The van der Waals surface area contributed by atoms with E-state index in [1.807, 2.05) is 6.92 Å². The van der Waals surface area contributed by atoms with Gasteiger partial charge in [0.2, 0.25) is 0 Å². The standard InChI is InChI=1S/C22H19F2N3O2S/c1-14(15-6-8-16(23)9-7-15)30-27-22(29)26-18-12-10-17(11-13-18)25-21(28)19-4-2-3-5-20(19)24/h2-14H,1H3,(H,25,28)(H2,26,27,29). The lowest BCUT2D eigenvalue weighted by atomic mass is 10.2. The van der Waals surface area contributed by atoms with Crippen molar-refractivity contribution >= 4 is 35.3 Å². The zero-order valence-electron chi connectivity index (χ0n) is 16.0. The van der Waals surface area contributed by atoms with Crippen molar-refractivity contribution in [1.29, 1.82) is 0 Å². The lowest BCUT2D eigenvalue weighted by Crippen LogP contribution is -2.23. The van der Waals surface area contributed by atoms with Gasteiger partial charge in [-0.3, -0.25) is 9.52 Å². The average Bonchev–Trinajstić information content (AvgIpc) is 2.74. The van der Waals surface area contributed by atoms with Crippen LogP contribution >= 0.6 is 11.9 Å². The highest BCUT2D eigenvalue weighted by Gasteiger charge is 2.12. The fourth-order valence-electron chi connectivity index (χ4n) is 2.58. The molecule has 0 aliphatic rings. The smallest absolute Gasteiger partial charge is 0.322 e. The number of hydrogen-bond acceptors (Lipinski definition) is 3. The average molecular weight is 427 g/mol. The summed E-state index contributed by atoms with van der Waals surface area (Å²) < 4.78 is 29.3. The van der Waals surface area contributed by atoms with Crippen LogP contribution in [0, 0.1) is 11.6 Å².